The maximum absolute atomic E-state index is 12.8. The molecule has 1 aromatic carbocycles. The third-order valence-electron chi connectivity index (χ3n) is 4.79. The van der Waals surface area contributed by atoms with E-state index < -0.39 is 0 Å². The molecule has 1 N–H and O–H groups in total. The van der Waals surface area contributed by atoms with Gasteiger partial charge in [0, 0.05) is 30.7 Å². The fourth-order valence-corrected chi connectivity index (χ4v) is 3.69. The van der Waals surface area contributed by atoms with Crippen LogP contribution in [0.5, 0.6) is 0 Å². The van der Waals surface area contributed by atoms with Crippen LogP contribution in [-0.2, 0) is 11.8 Å². The Bertz CT molecular complexity index is 941. The highest BCUT2D eigenvalue weighted by Gasteiger charge is 2.20. The predicted molar refractivity (Wildman–Crippen MR) is 113 cm³/mol. The summed E-state index contributed by atoms with van der Waals surface area (Å²) in [5, 5.41) is 12.0. The summed E-state index contributed by atoms with van der Waals surface area (Å²) in [4.78, 5) is 16.8. The molecule has 0 radical (unpaired) electrons. The van der Waals surface area contributed by atoms with Gasteiger partial charge in [0.25, 0.3) is 0 Å². The Morgan fingerprint density at radius 2 is 1.86 bits per heavy atom. The highest BCUT2D eigenvalue weighted by Crippen LogP contribution is 2.29. The normalized spacial score (nSPS) is 13.1. The average Bonchev–Trinajstić information content (AvgIpc) is 3.08. The summed E-state index contributed by atoms with van der Waals surface area (Å²) in [6.45, 7) is 6.20. The molecule has 3 rings (SSSR count). The van der Waals surface area contributed by atoms with Gasteiger partial charge in [0.1, 0.15) is 0 Å². The van der Waals surface area contributed by atoms with Crippen LogP contribution in [0.15, 0.2) is 53.9 Å². The number of thioether (sulfide) groups is 1. The van der Waals surface area contributed by atoms with Crippen LogP contribution < -0.4 is 5.32 Å². The van der Waals surface area contributed by atoms with E-state index in [2.05, 4.69) is 40.4 Å². The summed E-state index contributed by atoms with van der Waals surface area (Å²) < 4.78 is 1.90. The van der Waals surface area contributed by atoms with Crippen LogP contribution in [0.4, 0.5) is 5.69 Å². The summed E-state index contributed by atoms with van der Waals surface area (Å²) in [7, 11) is 1.90. The standard InChI is InChI=1S/C21H25N5OS/c1-5-14(2)17-8-6-7-9-18(17)23-20(27)15(3)28-21-25-24-19(26(21)4)16-10-12-22-13-11-16/h6-15H,5H2,1-4H3,(H,23,27)/t14-,15-/m1/s1. The van der Waals surface area contributed by atoms with Crippen molar-refractivity contribution in [1.82, 2.24) is 19.7 Å². The number of amides is 1. The minimum atomic E-state index is -0.307. The monoisotopic (exact) mass is 395 g/mol. The van der Waals surface area contributed by atoms with Gasteiger partial charge in [0.05, 0.1) is 5.25 Å². The van der Waals surface area contributed by atoms with Crippen molar-refractivity contribution in [3.8, 4) is 11.4 Å². The number of benzene rings is 1. The molecule has 0 aliphatic rings. The van der Waals surface area contributed by atoms with E-state index in [1.807, 2.05) is 48.9 Å². The number of para-hydroxylation sites is 1. The van der Waals surface area contributed by atoms with E-state index in [0.29, 0.717) is 11.1 Å². The highest BCUT2D eigenvalue weighted by molar-refractivity contribution is 8.00. The third-order valence-corrected chi connectivity index (χ3v) is 5.92. The van der Waals surface area contributed by atoms with Crippen molar-refractivity contribution in [3.05, 3.63) is 54.4 Å². The molecule has 3 aromatic rings. The summed E-state index contributed by atoms with van der Waals surface area (Å²) >= 11 is 1.39. The van der Waals surface area contributed by atoms with Gasteiger partial charge in [-0.1, -0.05) is 43.8 Å². The predicted octanol–water partition coefficient (Wildman–Crippen LogP) is 4.51. The lowest BCUT2D eigenvalue weighted by atomic mass is 9.97. The summed E-state index contributed by atoms with van der Waals surface area (Å²) in [5.74, 6) is 1.09. The van der Waals surface area contributed by atoms with Gasteiger partial charge in [-0.15, -0.1) is 10.2 Å². The lowest BCUT2D eigenvalue weighted by molar-refractivity contribution is -0.115. The van der Waals surface area contributed by atoms with Crippen LogP contribution >= 0.6 is 11.8 Å². The number of nitrogens with one attached hydrogen (secondary N) is 1. The van der Waals surface area contributed by atoms with E-state index in [1.54, 1.807) is 12.4 Å². The highest BCUT2D eigenvalue weighted by atomic mass is 32.2. The zero-order valence-electron chi connectivity index (χ0n) is 16.6. The number of carbonyl (C=O) groups excluding carboxylic acids is 1. The molecule has 2 atom stereocenters. The van der Waals surface area contributed by atoms with Crippen LogP contribution in [0, 0.1) is 0 Å². The second kappa shape index (κ2) is 9.01. The first-order valence-electron chi connectivity index (χ1n) is 9.37. The van der Waals surface area contributed by atoms with Crippen LogP contribution in [0.2, 0.25) is 0 Å². The first kappa shape index (κ1) is 20.1. The quantitative estimate of drug-likeness (QED) is 0.596. The van der Waals surface area contributed by atoms with E-state index in [9.17, 15) is 4.79 Å². The number of hydrogen-bond acceptors (Lipinski definition) is 5. The minimum absolute atomic E-state index is 0.0470. The molecule has 146 valence electrons. The lowest BCUT2D eigenvalue weighted by Crippen LogP contribution is -2.23. The number of aromatic nitrogens is 4. The van der Waals surface area contributed by atoms with E-state index in [-0.39, 0.29) is 11.2 Å². The SMILES string of the molecule is CC[C@@H](C)c1ccccc1NC(=O)[C@@H](C)Sc1nnc(-c2ccncc2)n1C. The number of carbonyl (C=O) groups is 1. The van der Waals surface area contributed by atoms with Gasteiger partial charge >= 0.3 is 0 Å². The van der Waals surface area contributed by atoms with Crippen molar-refractivity contribution in [2.75, 3.05) is 5.32 Å². The fourth-order valence-electron chi connectivity index (χ4n) is 2.88. The minimum Gasteiger partial charge on any atom is -0.325 e. The van der Waals surface area contributed by atoms with Gasteiger partial charge in [-0.2, -0.15) is 0 Å². The van der Waals surface area contributed by atoms with Crippen molar-refractivity contribution < 1.29 is 4.79 Å². The average molecular weight is 396 g/mol. The van der Waals surface area contributed by atoms with Gasteiger partial charge in [-0.25, -0.2) is 0 Å². The van der Waals surface area contributed by atoms with Gasteiger partial charge < -0.3 is 9.88 Å². The Morgan fingerprint density at radius 3 is 2.57 bits per heavy atom. The molecule has 0 unspecified atom stereocenters. The molecule has 28 heavy (non-hydrogen) atoms. The van der Waals surface area contributed by atoms with Crippen molar-refractivity contribution in [2.24, 2.45) is 7.05 Å². The van der Waals surface area contributed by atoms with Crippen LogP contribution in [0.25, 0.3) is 11.4 Å². The Morgan fingerprint density at radius 1 is 1.14 bits per heavy atom. The van der Waals surface area contributed by atoms with Gasteiger partial charge in [0.15, 0.2) is 11.0 Å². The van der Waals surface area contributed by atoms with Crippen LogP contribution in [-0.4, -0.2) is 30.9 Å². The Balaban J connectivity index is 1.72. The lowest BCUT2D eigenvalue weighted by Gasteiger charge is -2.17. The van der Waals surface area contributed by atoms with Gasteiger partial charge in [-0.3, -0.25) is 9.78 Å². The topological polar surface area (TPSA) is 72.7 Å². The first-order valence-corrected chi connectivity index (χ1v) is 10.3. The number of anilines is 1. The number of pyridine rings is 1. The van der Waals surface area contributed by atoms with Gasteiger partial charge in [0.2, 0.25) is 5.91 Å². The number of rotatable bonds is 7. The molecule has 0 aliphatic heterocycles. The zero-order valence-corrected chi connectivity index (χ0v) is 17.4. The van der Waals surface area contributed by atoms with E-state index in [0.717, 1.165) is 29.1 Å². The molecule has 0 fully saturated rings. The molecular weight excluding hydrogens is 370 g/mol. The van der Waals surface area contributed by atoms with Crippen molar-refractivity contribution in [3.63, 3.8) is 0 Å². The largest absolute Gasteiger partial charge is 0.325 e. The van der Waals surface area contributed by atoms with Gasteiger partial charge in [-0.05, 0) is 43.0 Å². The van der Waals surface area contributed by atoms with Crippen LogP contribution in [0.1, 0.15) is 38.7 Å². The second-order valence-corrected chi connectivity index (χ2v) is 8.05. The summed E-state index contributed by atoms with van der Waals surface area (Å²) in [6, 6.07) is 11.8. The molecule has 6 nitrogen and oxygen atoms in total. The zero-order chi connectivity index (χ0) is 20.1. The van der Waals surface area contributed by atoms with E-state index in [1.165, 1.54) is 11.8 Å². The Kier molecular flexibility index (Phi) is 6.46. The molecule has 2 heterocycles. The maximum Gasteiger partial charge on any atom is 0.237 e. The van der Waals surface area contributed by atoms with E-state index >= 15 is 0 Å². The molecule has 0 aliphatic carbocycles. The molecule has 7 heteroatoms. The van der Waals surface area contributed by atoms with E-state index in [4.69, 9.17) is 0 Å². The molecular formula is C21H25N5OS. The smallest absolute Gasteiger partial charge is 0.237 e. The van der Waals surface area contributed by atoms with Crippen molar-refractivity contribution >= 4 is 23.4 Å². The molecule has 1 amide bonds. The van der Waals surface area contributed by atoms with Crippen LogP contribution in [0.3, 0.4) is 0 Å². The Labute approximate surface area is 169 Å². The van der Waals surface area contributed by atoms with Crippen molar-refractivity contribution in [1.29, 1.82) is 0 Å². The maximum atomic E-state index is 12.8. The fraction of sp³-hybridized carbons (Fsp3) is 0.333. The summed E-state index contributed by atoms with van der Waals surface area (Å²) in [6.07, 6.45) is 4.47. The third kappa shape index (κ3) is 4.42. The molecule has 0 saturated heterocycles. The second-order valence-electron chi connectivity index (χ2n) is 6.75. The molecule has 0 saturated carbocycles. The Hall–Kier alpha value is -2.67. The first-order chi connectivity index (χ1) is 13.5. The molecule has 0 bridgehead atoms. The number of nitrogens with zero attached hydrogens (tertiary/aromatic N) is 4. The summed E-state index contributed by atoms with van der Waals surface area (Å²) in [5.41, 5.74) is 2.98. The van der Waals surface area contributed by atoms with Crippen molar-refractivity contribution in [2.45, 2.75) is 43.5 Å². The number of hydrogen-bond donors (Lipinski definition) is 1. The molecule has 0 spiro atoms. The molecule has 2 aromatic heterocycles.